The first-order chi connectivity index (χ1) is 8.54. The van der Waals surface area contributed by atoms with E-state index in [2.05, 4.69) is 0 Å². The van der Waals surface area contributed by atoms with Gasteiger partial charge in [0.25, 0.3) is 0 Å². The van der Waals surface area contributed by atoms with Crippen LogP contribution in [0, 0.1) is 0 Å². The molecule has 94 valence electrons. The minimum absolute atomic E-state index is 0.0499. The van der Waals surface area contributed by atoms with E-state index < -0.39 is 5.51 Å². The topological polar surface area (TPSA) is 9.23 Å². The fraction of sp³-hybridized carbons (Fsp3) is 0.0769. The normalized spacial score (nSPS) is 11.3. The number of hydrogen-bond donors (Lipinski definition) is 0. The Morgan fingerprint density at radius 2 is 1.44 bits per heavy atom. The van der Waals surface area contributed by atoms with E-state index in [4.69, 9.17) is 4.74 Å². The molecule has 18 heavy (non-hydrogen) atoms. The molecule has 0 aliphatic heterocycles. The maximum absolute atomic E-state index is 12.4. The summed E-state index contributed by atoms with van der Waals surface area (Å²) < 4.78 is 42.5. The lowest BCUT2D eigenvalue weighted by Gasteiger charge is -2.11. The van der Waals surface area contributed by atoms with Gasteiger partial charge in [0.1, 0.15) is 11.5 Å². The molecule has 1 nitrogen and oxygen atoms in total. The lowest BCUT2D eigenvalue weighted by Crippen LogP contribution is -2.00. The predicted octanol–water partition coefficient (Wildman–Crippen LogP) is 5.09. The molecule has 0 fully saturated rings. The van der Waals surface area contributed by atoms with Crippen molar-refractivity contribution < 1.29 is 17.9 Å². The molecule has 0 aliphatic carbocycles. The van der Waals surface area contributed by atoms with Crippen LogP contribution in [0.5, 0.6) is 11.5 Å². The molecule has 2 rings (SSSR count). The SMILES string of the molecule is FC(F)(F)Sc1ccccc1Oc1ccccc1. The van der Waals surface area contributed by atoms with E-state index in [9.17, 15) is 13.2 Å². The summed E-state index contributed by atoms with van der Waals surface area (Å²) in [6.07, 6.45) is 0. The van der Waals surface area contributed by atoms with Crippen LogP contribution < -0.4 is 4.74 Å². The quantitative estimate of drug-likeness (QED) is 0.718. The minimum atomic E-state index is -4.32. The summed E-state index contributed by atoms with van der Waals surface area (Å²) in [5, 5.41) is 0. The Labute approximate surface area is 107 Å². The van der Waals surface area contributed by atoms with Crippen molar-refractivity contribution in [2.75, 3.05) is 0 Å². The van der Waals surface area contributed by atoms with Crippen molar-refractivity contribution in [2.45, 2.75) is 10.4 Å². The first-order valence-electron chi connectivity index (χ1n) is 5.12. The van der Waals surface area contributed by atoms with Crippen LogP contribution in [0.4, 0.5) is 13.2 Å². The van der Waals surface area contributed by atoms with Crippen molar-refractivity contribution in [3.05, 3.63) is 54.6 Å². The van der Waals surface area contributed by atoms with E-state index in [1.54, 1.807) is 36.4 Å². The van der Waals surface area contributed by atoms with Crippen LogP contribution in [0.3, 0.4) is 0 Å². The highest BCUT2D eigenvalue weighted by Gasteiger charge is 2.30. The van der Waals surface area contributed by atoms with Gasteiger partial charge in [-0.15, -0.1) is 0 Å². The highest BCUT2D eigenvalue weighted by Crippen LogP contribution is 2.42. The summed E-state index contributed by atoms with van der Waals surface area (Å²) in [6, 6.07) is 14.8. The molecule has 0 spiro atoms. The summed E-state index contributed by atoms with van der Waals surface area (Å²) in [5.74, 6) is 0.707. The van der Waals surface area contributed by atoms with Crippen molar-refractivity contribution in [1.29, 1.82) is 0 Å². The van der Waals surface area contributed by atoms with Crippen LogP contribution in [0.2, 0.25) is 0 Å². The molecule has 0 radical (unpaired) electrons. The first kappa shape index (κ1) is 12.8. The average Bonchev–Trinajstić information content (AvgIpc) is 2.31. The van der Waals surface area contributed by atoms with Gasteiger partial charge >= 0.3 is 5.51 Å². The lowest BCUT2D eigenvalue weighted by molar-refractivity contribution is -0.0328. The molecule has 0 aliphatic rings. The minimum Gasteiger partial charge on any atom is -0.456 e. The third-order valence-electron chi connectivity index (χ3n) is 2.05. The summed E-state index contributed by atoms with van der Waals surface area (Å²) in [5.41, 5.74) is -4.32. The van der Waals surface area contributed by atoms with Crippen LogP contribution in [0.15, 0.2) is 59.5 Å². The van der Waals surface area contributed by atoms with Crippen molar-refractivity contribution in [3.8, 4) is 11.5 Å². The van der Waals surface area contributed by atoms with Gasteiger partial charge in [0.05, 0.1) is 4.90 Å². The molecule has 0 amide bonds. The summed E-state index contributed by atoms with van der Waals surface area (Å²) in [6.45, 7) is 0. The third kappa shape index (κ3) is 3.70. The van der Waals surface area contributed by atoms with Crippen molar-refractivity contribution in [2.24, 2.45) is 0 Å². The Morgan fingerprint density at radius 3 is 2.11 bits per heavy atom. The molecule has 0 bridgehead atoms. The number of thioether (sulfide) groups is 1. The summed E-state index contributed by atoms with van der Waals surface area (Å²) in [7, 11) is 0. The lowest BCUT2D eigenvalue weighted by atomic mass is 10.3. The fourth-order valence-electron chi connectivity index (χ4n) is 1.36. The smallest absolute Gasteiger partial charge is 0.446 e. The number of alkyl halides is 3. The monoisotopic (exact) mass is 270 g/mol. The van der Waals surface area contributed by atoms with Gasteiger partial charge in [-0.05, 0) is 36.0 Å². The van der Waals surface area contributed by atoms with E-state index >= 15 is 0 Å². The van der Waals surface area contributed by atoms with Gasteiger partial charge in [-0.3, -0.25) is 0 Å². The van der Waals surface area contributed by atoms with Crippen molar-refractivity contribution >= 4 is 11.8 Å². The molecular formula is C13H9F3OS. The number of rotatable bonds is 3. The van der Waals surface area contributed by atoms with Crippen LogP contribution in [-0.4, -0.2) is 5.51 Å². The van der Waals surface area contributed by atoms with Crippen LogP contribution >= 0.6 is 11.8 Å². The highest BCUT2D eigenvalue weighted by atomic mass is 32.2. The summed E-state index contributed by atoms with van der Waals surface area (Å²) in [4.78, 5) is 0.0499. The third-order valence-corrected chi connectivity index (χ3v) is 2.83. The maximum Gasteiger partial charge on any atom is 0.446 e. The molecule has 0 saturated carbocycles. The average molecular weight is 270 g/mol. The second-order valence-corrected chi connectivity index (χ2v) is 4.52. The van der Waals surface area contributed by atoms with Gasteiger partial charge in [-0.2, -0.15) is 13.2 Å². The van der Waals surface area contributed by atoms with E-state index in [0.717, 1.165) is 0 Å². The van der Waals surface area contributed by atoms with Gasteiger partial charge in [0.2, 0.25) is 0 Å². The fourth-order valence-corrected chi connectivity index (χ4v) is 1.97. The highest BCUT2D eigenvalue weighted by molar-refractivity contribution is 8.00. The number of benzene rings is 2. The van der Waals surface area contributed by atoms with Gasteiger partial charge in [0.15, 0.2) is 0 Å². The zero-order chi connectivity index (χ0) is 13.0. The molecule has 0 aromatic heterocycles. The zero-order valence-electron chi connectivity index (χ0n) is 9.15. The molecule has 5 heteroatoms. The van der Waals surface area contributed by atoms with Gasteiger partial charge in [0, 0.05) is 0 Å². The van der Waals surface area contributed by atoms with E-state index in [-0.39, 0.29) is 22.4 Å². The van der Waals surface area contributed by atoms with Gasteiger partial charge < -0.3 is 4.74 Å². The standard InChI is InChI=1S/C13H9F3OS/c14-13(15,16)18-12-9-5-4-8-11(12)17-10-6-2-1-3-7-10/h1-9H. The molecule has 0 atom stereocenters. The van der Waals surface area contributed by atoms with Gasteiger partial charge in [-0.1, -0.05) is 30.3 Å². The zero-order valence-corrected chi connectivity index (χ0v) is 9.96. The van der Waals surface area contributed by atoms with Crippen molar-refractivity contribution in [1.82, 2.24) is 0 Å². The Hall–Kier alpha value is -1.62. The van der Waals surface area contributed by atoms with E-state index in [0.29, 0.717) is 5.75 Å². The number of para-hydroxylation sites is 2. The summed E-state index contributed by atoms with van der Waals surface area (Å²) >= 11 is -0.178. The molecule has 0 saturated heterocycles. The second-order valence-electron chi connectivity index (χ2n) is 3.41. The van der Waals surface area contributed by atoms with Crippen LogP contribution in [0.25, 0.3) is 0 Å². The first-order valence-corrected chi connectivity index (χ1v) is 5.94. The predicted molar refractivity (Wildman–Crippen MR) is 64.9 cm³/mol. The second kappa shape index (κ2) is 5.35. The van der Waals surface area contributed by atoms with Crippen molar-refractivity contribution in [3.63, 3.8) is 0 Å². The Bertz CT molecular complexity index is 511. The molecule has 2 aromatic carbocycles. The number of ether oxygens (including phenoxy) is 1. The largest absolute Gasteiger partial charge is 0.456 e. The van der Waals surface area contributed by atoms with Crippen LogP contribution in [-0.2, 0) is 0 Å². The Balaban J connectivity index is 2.23. The Morgan fingerprint density at radius 1 is 0.833 bits per heavy atom. The molecule has 0 N–H and O–H groups in total. The number of halogens is 3. The van der Waals surface area contributed by atoms with E-state index in [1.807, 2.05) is 6.07 Å². The molecular weight excluding hydrogens is 261 g/mol. The number of hydrogen-bond acceptors (Lipinski definition) is 2. The molecule has 2 aromatic rings. The molecule has 0 heterocycles. The van der Waals surface area contributed by atoms with Crippen LogP contribution in [0.1, 0.15) is 0 Å². The van der Waals surface area contributed by atoms with Gasteiger partial charge in [-0.25, -0.2) is 0 Å². The Kier molecular flexibility index (Phi) is 3.81. The maximum atomic E-state index is 12.4. The van der Waals surface area contributed by atoms with E-state index in [1.165, 1.54) is 12.1 Å². The molecule has 0 unspecified atom stereocenters.